The number of amides is 2. The minimum atomic E-state index is -0.586. The number of benzene rings is 1. The highest BCUT2D eigenvalue weighted by Gasteiger charge is 2.32. The van der Waals surface area contributed by atoms with Crippen LogP contribution in [0.25, 0.3) is 0 Å². The largest absolute Gasteiger partial charge is 0.496 e. The molecule has 1 aromatic rings. The summed E-state index contributed by atoms with van der Waals surface area (Å²) in [5.41, 5.74) is 0.0139. The summed E-state index contributed by atoms with van der Waals surface area (Å²) in [5.74, 6) is -1.30. The number of carbonyl (C=O) groups excluding carboxylic acids is 3. The van der Waals surface area contributed by atoms with Crippen LogP contribution in [0.5, 0.6) is 5.75 Å². The molecular weight excluding hydrogens is 273 g/mol. The zero-order valence-corrected chi connectivity index (χ0v) is 10.8. The lowest BCUT2D eigenvalue weighted by atomic mass is 10.1. The fourth-order valence-corrected chi connectivity index (χ4v) is 2.39. The third kappa shape index (κ3) is 2.76. The summed E-state index contributed by atoms with van der Waals surface area (Å²) in [6.45, 7) is -0.398. The maximum absolute atomic E-state index is 13.2. The van der Waals surface area contributed by atoms with Crippen LogP contribution in [-0.2, 0) is 4.79 Å². The van der Waals surface area contributed by atoms with E-state index in [2.05, 4.69) is 0 Å². The second-order valence-electron chi connectivity index (χ2n) is 3.80. The average molecular weight is 283 g/mol. The molecule has 1 aliphatic heterocycles. The molecule has 0 unspecified atom stereocenters. The van der Waals surface area contributed by atoms with Crippen molar-refractivity contribution in [1.29, 1.82) is 0 Å². The van der Waals surface area contributed by atoms with Crippen molar-refractivity contribution < 1.29 is 23.5 Å². The molecule has 0 spiro atoms. The number of carbonyl (C=O) groups is 3. The molecule has 5 nitrogen and oxygen atoms in total. The number of methoxy groups -OCH3 is 1. The monoisotopic (exact) mass is 283 g/mol. The number of ether oxygens (including phenoxy) is 1. The van der Waals surface area contributed by atoms with Crippen LogP contribution in [-0.4, -0.2) is 41.2 Å². The van der Waals surface area contributed by atoms with Crippen molar-refractivity contribution >= 4 is 28.7 Å². The number of ketones is 1. The van der Waals surface area contributed by atoms with Gasteiger partial charge in [0.05, 0.1) is 25.0 Å². The van der Waals surface area contributed by atoms with Crippen molar-refractivity contribution in [2.24, 2.45) is 0 Å². The van der Waals surface area contributed by atoms with Crippen molar-refractivity contribution in [3.05, 3.63) is 29.6 Å². The van der Waals surface area contributed by atoms with Crippen molar-refractivity contribution in [2.45, 2.75) is 0 Å². The molecule has 7 heteroatoms. The standard InChI is InChI=1S/C12H10FNO4S/c1-18-10-3-2-7(13)4-8(10)9(15)5-14-11(16)6-19-12(14)17/h2-4H,5-6H2,1H3. The topological polar surface area (TPSA) is 63.7 Å². The van der Waals surface area contributed by atoms with Crippen molar-refractivity contribution in [3.8, 4) is 5.75 Å². The quantitative estimate of drug-likeness (QED) is 0.787. The molecule has 1 aliphatic rings. The summed E-state index contributed by atoms with van der Waals surface area (Å²) in [6, 6.07) is 3.52. The third-order valence-electron chi connectivity index (χ3n) is 2.60. The smallest absolute Gasteiger partial charge is 0.289 e. The Morgan fingerprint density at radius 2 is 2.21 bits per heavy atom. The van der Waals surface area contributed by atoms with Gasteiger partial charge in [0.1, 0.15) is 11.6 Å². The van der Waals surface area contributed by atoms with Crippen LogP contribution in [0.1, 0.15) is 10.4 Å². The Morgan fingerprint density at radius 1 is 1.47 bits per heavy atom. The molecule has 1 saturated heterocycles. The highest BCUT2D eigenvalue weighted by Crippen LogP contribution is 2.23. The lowest BCUT2D eigenvalue weighted by Gasteiger charge is -2.13. The summed E-state index contributed by atoms with van der Waals surface area (Å²) in [7, 11) is 1.35. The van der Waals surface area contributed by atoms with E-state index in [0.29, 0.717) is 0 Å². The molecule has 0 saturated carbocycles. The van der Waals surface area contributed by atoms with E-state index in [-0.39, 0.29) is 17.1 Å². The molecule has 2 amide bonds. The molecule has 1 heterocycles. The summed E-state index contributed by atoms with van der Waals surface area (Å²) in [6.07, 6.45) is 0. The minimum absolute atomic E-state index is 0.0139. The Hall–Kier alpha value is -1.89. The van der Waals surface area contributed by atoms with Gasteiger partial charge in [-0.3, -0.25) is 19.3 Å². The number of thioether (sulfide) groups is 1. The molecule has 0 aliphatic carbocycles. The molecular formula is C12H10FNO4S. The lowest BCUT2D eigenvalue weighted by molar-refractivity contribution is -0.124. The molecule has 0 bridgehead atoms. The number of rotatable bonds is 4. The Balaban J connectivity index is 2.22. The van der Waals surface area contributed by atoms with Gasteiger partial charge >= 0.3 is 0 Å². The molecule has 1 fully saturated rings. The van der Waals surface area contributed by atoms with E-state index >= 15 is 0 Å². The van der Waals surface area contributed by atoms with Crippen molar-refractivity contribution in [3.63, 3.8) is 0 Å². The van der Waals surface area contributed by atoms with Crippen molar-refractivity contribution in [2.75, 3.05) is 19.4 Å². The number of halogens is 1. The number of nitrogens with zero attached hydrogens (tertiary/aromatic N) is 1. The maximum atomic E-state index is 13.2. The minimum Gasteiger partial charge on any atom is -0.496 e. The Bertz CT molecular complexity index is 545. The van der Waals surface area contributed by atoms with E-state index in [0.717, 1.165) is 28.8 Å². The SMILES string of the molecule is COc1ccc(F)cc1C(=O)CN1C(=O)CSC1=O. The Morgan fingerprint density at radius 3 is 2.79 bits per heavy atom. The molecule has 100 valence electrons. The second kappa shape index (κ2) is 5.40. The first-order valence-corrected chi connectivity index (χ1v) is 6.35. The zero-order chi connectivity index (χ0) is 14.0. The van der Waals surface area contributed by atoms with Crippen molar-refractivity contribution in [1.82, 2.24) is 4.90 Å². The molecule has 1 aromatic carbocycles. The normalized spacial score (nSPS) is 14.9. The number of Topliss-reactive ketones (excluding diaryl/α,β-unsaturated/α-hetero) is 1. The maximum Gasteiger partial charge on any atom is 0.289 e. The predicted octanol–water partition coefficient (Wildman–Crippen LogP) is 1.71. The fourth-order valence-electron chi connectivity index (χ4n) is 1.66. The third-order valence-corrected chi connectivity index (χ3v) is 3.46. The van der Waals surface area contributed by atoms with Crippen LogP contribution in [0.2, 0.25) is 0 Å². The van der Waals surface area contributed by atoms with Gasteiger partial charge in [-0.15, -0.1) is 0 Å². The average Bonchev–Trinajstić information content (AvgIpc) is 2.70. The van der Waals surface area contributed by atoms with E-state index in [1.807, 2.05) is 0 Å². The van der Waals surface area contributed by atoms with Gasteiger partial charge in [0, 0.05) is 0 Å². The summed E-state index contributed by atoms with van der Waals surface area (Å²) in [4.78, 5) is 35.7. The van der Waals surface area contributed by atoms with Crippen LogP contribution < -0.4 is 4.74 Å². The van der Waals surface area contributed by atoms with Crippen LogP contribution in [0.4, 0.5) is 9.18 Å². The predicted molar refractivity (Wildman–Crippen MR) is 66.8 cm³/mol. The highest BCUT2D eigenvalue weighted by molar-refractivity contribution is 8.14. The molecule has 0 atom stereocenters. The van der Waals surface area contributed by atoms with E-state index < -0.39 is 29.3 Å². The molecule has 2 rings (SSSR count). The number of imide groups is 1. The van der Waals surface area contributed by atoms with Crippen LogP contribution in [0.3, 0.4) is 0 Å². The Kier molecular flexibility index (Phi) is 3.84. The molecule has 0 N–H and O–H groups in total. The van der Waals surface area contributed by atoms with Crippen LogP contribution >= 0.6 is 11.8 Å². The first-order chi connectivity index (χ1) is 9.02. The number of hydrogen-bond acceptors (Lipinski definition) is 5. The van der Waals surface area contributed by atoms with Gasteiger partial charge in [0.25, 0.3) is 5.24 Å². The van der Waals surface area contributed by atoms with Gasteiger partial charge < -0.3 is 4.74 Å². The van der Waals surface area contributed by atoms with Gasteiger partial charge in [-0.25, -0.2) is 4.39 Å². The van der Waals surface area contributed by atoms with E-state index in [9.17, 15) is 18.8 Å². The Labute approximate surface area is 112 Å². The van der Waals surface area contributed by atoms with Gasteiger partial charge in [0.2, 0.25) is 5.91 Å². The lowest BCUT2D eigenvalue weighted by Crippen LogP contribution is -2.34. The van der Waals surface area contributed by atoms with E-state index in [4.69, 9.17) is 4.74 Å². The summed E-state index contributed by atoms with van der Waals surface area (Å²) >= 11 is 0.844. The van der Waals surface area contributed by atoms with Crippen LogP contribution in [0.15, 0.2) is 18.2 Å². The zero-order valence-electron chi connectivity index (χ0n) is 10.0. The van der Waals surface area contributed by atoms with Gasteiger partial charge in [0.15, 0.2) is 5.78 Å². The van der Waals surface area contributed by atoms with Gasteiger partial charge in [-0.2, -0.15) is 0 Å². The number of hydrogen-bond donors (Lipinski definition) is 0. The van der Waals surface area contributed by atoms with Gasteiger partial charge in [-0.05, 0) is 18.2 Å². The van der Waals surface area contributed by atoms with E-state index in [1.54, 1.807) is 0 Å². The highest BCUT2D eigenvalue weighted by atomic mass is 32.2. The van der Waals surface area contributed by atoms with Crippen LogP contribution in [0, 0.1) is 5.82 Å². The van der Waals surface area contributed by atoms with Gasteiger partial charge in [-0.1, -0.05) is 11.8 Å². The second-order valence-corrected chi connectivity index (χ2v) is 4.73. The molecule has 19 heavy (non-hydrogen) atoms. The fraction of sp³-hybridized carbons (Fsp3) is 0.250. The van der Waals surface area contributed by atoms with E-state index in [1.165, 1.54) is 13.2 Å². The first kappa shape index (κ1) is 13.5. The molecule has 0 radical (unpaired) electrons. The summed E-state index contributed by atoms with van der Waals surface area (Å²) in [5, 5.41) is -0.464. The summed E-state index contributed by atoms with van der Waals surface area (Å²) < 4.78 is 18.1. The molecule has 0 aromatic heterocycles. The first-order valence-electron chi connectivity index (χ1n) is 5.37.